The van der Waals surface area contributed by atoms with Gasteiger partial charge in [0.05, 0.1) is 10.0 Å². The number of hydrogen-bond donors (Lipinski definition) is 1. The second-order valence-electron chi connectivity index (χ2n) is 4.73. The van der Waals surface area contributed by atoms with Gasteiger partial charge in [-0.3, -0.25) is 4.79 Å². The Labute approximate surface area is 128 Å². The molecule has 0 aliphatic carbocycles. The molecule has 1 aliphatic rings. The Hall–Kier alpha value is -0.970. The second kappa shape index (κ2) is 7.72. The SMILES string of the molecule is O=C(COc1ccc(Cl)c(Cl)c1)NCC[C@H]1CCOC1. The lowest BCUT2D eigenvalue weighted by Gasteiger charge is -2.10. The van der Waals surface area contributed by atoms with Crippen LogP contribution in [0.5, 0.6) is 5.75 Å². The minimum Gasteiger partial charge on any atom is -0.484 e. The van der Waals surface area contributed by atoms with Gasteiger partial charge in [0.25, 0.3) is 5.91 Å². The zero-order valence-electron chi connectivity index (χ0n) is 11.0. The van der Waals surface area contributed by atoms with Crippen molar-refractivity contribution in [3.8, 4) is 5.75 Å². The lowest BCUT2D eigenvalue weighted by Crippen LogP contribution is -2.30. The predicted molar refractivity (Wildman–Crippen MR) is 78.5 cm³/mol. The van der Waals surface area contributed by atoms with Gasteiger partial charge in [0.1, 0.15) is 5.75 Å². The molecule has 0 saturated carbocycles. The van der Waals surface area contributed by atoms with Crippen molar-refractivity contribution in [2.24, 2.45) is 5.92 Å². The van der Waals surface area contributed by atoms with Crippen molar-refractivity contribution in [1.29, 1.82) is 0 Å². The molecule has 20 heavy (non-hydrogen) atoms. The molecule has 0 aromatic heterocycles. The highest BCUT2D eigenvalue weighted by atomic mass is 35.5. The van der Waals surface area contributed by atoms with E-state index in [1.165, 1.54) is 0 Å². The average Bonchev–Trinajstić information content (AvgIpc) is 2.93. The molecular formula is C14H17Cl2NO3. The molecule has 6 heteroatoms. The Kier molecular flexibility index (Phi) is 5.95. The Morgan fingerprint density at radius 2 is 2.25 bits per heavy atom. The summed E-state index contributed by atoms with van der Waals surface area (Å²) in [5.41, 5.74) is 0. The van der Waals surface area contributed by atoms with Gasteiger partial charge in [0, 0.05) is 25.8 Å². The summed E-state index contributed by atoms with van der Waals surface area (Å²) in [7, 11) is 0. The molecule has 0 unspecified atom stereocenters. The number of nitrogens with one attached hydrogen (secondary N) is 1. The minimum absolute atomic E-state index is 0.0286. The van der Waals surface area contributed by atoms with Crippen LogP contribution in [0, 0.1) is 5.92 Å². The Morgan fingerprint density at radius 1 is 1.40 bits per heavy atom. The summed E-state index contributed by atoms with van der Waals surface area (Å²) in [6.45, 7) is 2.26. The number of halogens is 2. The first-order valence-electron chi connectivity index (χ1n) is 6.57. The molecule has 2 rings (SSSR count). The summed E-state index contributed by atoms with van der Waals surface area (Å²) in [6, 6.07) is 4.90. The predicted octanol–water partition coefficient (Wildman–Crippen LogP) is 2.92. The number of amides is 1. The first kappa shape index (κ1) is 15.4. The van der Waals surface area contributed by atoms with Gasteiger partial charge in [-0.1, -0.05) is 23.2 Å². The fourth-order valence-corrected chi connectivity index (χ4v) is 2.28. The van der Waals surface area contributed by atoms with Crippen molar-refractivity contribution in [2.45, 2.75) is 12.8 Å². The van der Waals surface area contributed by atoms with E-state index in [9.17, 15) is 4.79 Å². The maximum absolute atomic E-state index is 11.6. The minimum atomic E-state index is -0.144. The lowest BCUT2D eigenvalue weighted by atomic mass is 10.1. The zero-order chi connectivity index (χ0) is 14.4. The van der Waals surface area contributed by atoms with Crippen LogP contribution >= 0.6 is 23.2 Å². The van der Waals surface area contributed by atoms with E-state index in [0.717, 1.165) is 26.1 Å². The van der Waals surface area contributed by atoms with Gasteiger partial charge in [-0.15, -0.1) is 0 Å². The van der Waals surface area contributed by atoms with Crippen molar-refractivity contribution >= 4 is 29.1 Å². The van der Waals surface area contributed by atoms with Crippen LogP contribution in [-0.2, 0) is 9.53 Å². The van der Waals surface area contributed by atoms with Crippen LogP contribution in [0.15, 0.2) is 18.2 Å². The second-order valence-corrected chi connectivity index (χ2v) is 5.55. The summed E-state index contributed by atoms with van der Waals surface area (Å²) in [5, 5.41) is 3.70. The first-order chi connectivity index (χ1) is 9.65. The third-order valence-electron chi connectivity index (χ3n) is 3.16. The molecule has 1 fully saturated rings. The summed E-state index contributed by atoms with van der Waals surface area (Å²) in [5.74, 6) is 0.944. The number of carbonyl (C=O) groups is 1. The maximum atomic E-state index is 11.6. The van der Waals surface area contributed by atoms with Gasteiger partial charge in [0.2, 0.25) is 0 Å². The van der Waals surface area contributed by atoms with E-state index in [-0.39, 0.29) is 12.5 Å². The normalized spacial score (nSPS) is 18.0. The number of benzene rings is 1. The van der Waals surface area contributed by atoms with Crippen molar-refractivity contribution in [3.63, 3.8) is 0 Å². The fourth-order valence-electron chi connectivity index (χ4n) is 1.99. The molecule has 0 spiro atoms. The molecule has 1 saturated heterocycles. The van der Waals surface area contributed by atoms with Crippen molar-refractivity contribution in [3.05, 3.63) is 28.2 Å². The quantitative estimate of drug-likeness (QED) is 0.877. The van der Waals surface area contributed by atoms with E-state index < -0.39 is 0 Å². The van der Waals surface area contributed by atoms with Gasteiger partial charge in [-0.25, -0.2) is 0 Å². The number of ether oxygens (including phenoxy) is 2. The highest BCUT2D eigenvalue weighted by Crippen LogP contribution is 2.26. The van der Waals surface area contributed by atoms with Crippen LogP contribution in [0.1, 0.15) is 12.8 Å². The molecular weight excluding hydrogens is 301 g/mol. The largest absolute Gasteiger partial charge is 0.484 e. The molecule has 0 bridgehead atoms. The van der Waals surface area contributed by atoms with E-state index in [2.05, 4.69) is 5.32 Å². The van der Waals surface area contributed by atoms with Gasteiger partial charge in [-0.05, 0) is 30.9 Å². The standard InChI is InChI=1S/C14H17Cl2NO3/c15-12-2-1-11(7-13(12)16)20-9-14(18)17-5-3-10-4-6-19-8-10/h1-2,7,10H,3-6,8-9H2,(H,17,18)/t10-/m0/s1. The van der Waals surface area contributed by atoms with Crippen LogP contribution < -0.4 is 10.1 Å². The maximum Gasteiger partial charge on any atom is 0.257 e. The van der Waals surface area contributed by atoms with E-state index in [4.69, 9.17) is 32.7 Å². The van der Waals surface area contributed by atoms with Gasteiger partial charge in [-0.2, -0.15) is 0 Å². The molecule has 0 radical (unpaired) electrons. The van der Waals surface area contributed by atoms with Crippen molar-refractivity contribution in [1.82, 2.24) is 5.32 Å². The van der Waals surface area contributed by atoms with Crippen LogP contribution in [-0.4, -0.2) is 32.3 Å². The van der Waals surface area contributed by atoms with Crippen LogP contribution in [0.3, 0.4) is 0 Å². The van der Waals surface area contributed by atoms with Gasteiger partial charge >= 0.3 is 0 Å². The summed E-state index contributed by atoms with van der Waals surface area (Å²) in [4.78, 5) is 11.6. The van der Waals surface area contributed by atoms with E-state index in [1.54, 1.807) is 18.2 Å². The third kappa shape index (κ3) is 4.85. The molecule has 110 valence electrons. The topological polar surface area (TPSA) is 47.6 Å². The molecule has 1 aliphatic heterocycles. The fraction of sp³-hybridized carbons (Fsp3) is 0.500. The van der Waals surface area contributed by atoms with Gasteiger partial charge in [0.15, 0.2) is 6.61 Å². The summed E-state index contributed by atoms with van der Waals surface area (Å²) in [6.07, 6.45) is 2.02. The number of hydrogen-bond acceptors (Lipinski definition) is 3. The first-order valence-corrected chi connectivity index (χ1v) is 7.33. The molecule has 1 N–H and O–H groups in total. The summed E-state index contributed by atoms with van der Waals surface area (Å²) >= 11 is 11.7. The third-order valence-corrected chi connectivity index (χ3v) is 3.90. The zero-order valence-corrected chi connectivity index (χ0v) is 12.5. The highest BCUT2D eigenvalue weighted by Gasteiger charge is 2.15. The van der Waals surface area contributed by atoms with Crippen LogP contribution in [0.4, 0.5) is 0 Å². The lowest BCUT2D eigenvalue weighted by molar-refractivity contribution is -0.123. The Morgan fingerprint density at radius 3 is 2.95 bits per heavy atom. The Balaban J connectivity index is 1.65. The molecule has 4 nitrogen and oxygen atoms in total. The molecule has 1 heterocycles. The van der Waals surface area contributed by atoms with Crippen molar-refractivity contribution in [2.75, 3.05) is 26.4 Å². The number of rotatable bonds is 6. The Bertz CT molecular complexity index is 462. The van der Waals surface area contributed by atoms with E-state index >= 15 is 0 Å². The number of carbonyl (C=O) groups excluding carboxylic acids is 1. The van der Waals surface area contributed by atoms with Gasteiger partial charge < -0.3 is 14.8 Å². The average molecular weight is 318 g/mol. The van der Waals surface area contributed by atoms with E-state index in [0.29, 0.717) is 28.3 Å². The highest BCUT2D eigenvalue weighted by molar-refractivity contribution is 6.42. The van der Waals surface area contributed by atoms with E-state index in [1.807, 2.05) is 0 Å². The van der Waals surface area contributed by atoms with Crippen LogP contribution in [0.2, 0.25) is 10.0 Å². The molecule has 1 aromatic rings. The smallest absolute Gasteiger partial charge is 0.257 e. The molecule has 1 aromatic carbocycles. The monoisotopic (exact) mass is 317 g/mol. The van der Waals surface area contributed by atoms with Crippen LogP contribution in [0.25, 0.3) is 0 Å². The van der Waals surface area contributed by atoms with Crippen molar-refractivity contribution < 1.29 is 14.3 Å². The summed E-state index contributed by atoms with van der Waals surface area (Å²) < 4.78 is 10.6. The molecule has 1 atom stereocenters. The molecule has 1 amide bonds.